The summed E-state index contributed by atoms with van der Waals surface area (Å²) in [7, 11) is 0. The largest absolute Gasteiger partial charge is 0.409 e. The maximum absolute atomic E-state index is 12.2. The molecule has 0 unspecified atom stereocenters. The second kappa shape index (κ2) is 5.68. The summed E-state index contributed by atoms with van der Waals surface area (Å²) in [6.45, 7) is 5.18. The molecule has 1 fully saturated rings. The third kappa shape index (κ3) is 2.97. The van der Waals surface area contributed by atoms with Crippen LogP contribution in [0.5, 0.6) is 0 Å². The number of amides is 1. The number of hydrogen-bond donors (Lipinski definition) is 2. The first-order valence-corrected chi connectivity index (χ1v) is 7.85. The van der Waals surface area contributed by atoms with Gasteiger partial charge in [0.15, 0.2) is 0 Å². The molecule has 3 rings (SSSR count). The Hall–Kier alpha value is -1.95. The summed E-state index contributed by atoms with van der Waals surface area (Å²) < 4.78 is 5.24. The number of carbonyl (C=O) groups is 1. The number of carbonyl (C=O) groups excluding carboxylic acids is 1. The monoisotopic (exact) mass is 317 g/mol. The van der Waals surface area contributed by atoms with Gasteiger partial charge in [-0.05, 0) is 60.7 Å². The summed E-state index contributed by atoms with van der Waals surface area (Å²) in [4.78, 5) is 12.5. The van der Waals surface area contributed by atoms with Gasteiger partial charge in [0.05, 0.1) is 0 Å². The first-order chi connectivity index (χ1) is 10.5. The van der Waals surface area contributed by atoms with Crippen molar-refractivity contribution in [1.82, 2.24) is 15.5 Å². The Morgan fingerprint density at radius 1 is 1.41 bits per heavy atom. The van der Waals surface area contributed by atoms with Crippen LogP contribution in [-0.4, -0.2) is 22.6 Å². The van der Waals surface area contributed by atoms with Gasteiger partial charge < -0.3 is 9.73 Å². The molecule has 1 heterocycles. The van der Waals surface area contributed by atoms with Crippen LogP contribution in [0.25, 0.3) is 11.5 Å². The van der Waals surface area contributed by atoms with Gasteiger partial charge in [0.25, 0.3) is 10.7 Å². The number of aromatic amines is 1. The van der Waals surface area contributed by atoms with Crippen LogP contribution < -0.4 is 5.32 Å². The van der Waals surface area contributed by atoms with Gasteiger partial charge in [-0.25, -0.2) is 5.10 Å². The molecule has 1 aromatic carbocycles. The van der Waals surface area contributed by atoms with Crippen LogP contribution in [0.3, 0.4) is 0 Å². The molecule has 0 aliphatic heterocycles. The van der Waals surface area contributed by atoms with E-state index < -0.39 is 0 Å². The zero-order valence-corrected chi connectivity index (χ0v) is 13.5. The van der Waals surface area contributed by atoms with E-state index in [4.69, 9.17) is 16.6 Å². The minimum atomic E-state index is -0.0404. The maximum Gasteiger partial charge on any atom is 0.284 e. The first kappa shape index (κ1) is 15.0. The van der Waals surface area contributed by atoms with E-state index in [9.17, 15) is 4.79 Å². The molecule has 1 aliphatic carbocycles. The molecule has 1 aliphatic rings. The molecule has 116 valence electrons. The Morgan fingerprint density at radius 2 is 2.09 bits per heavy atom. The summed E-state index contributed by atoms with van der Waals surface area (Å²) in [5.74, 6) is 0.985. The first-order valence-electron chi connectivity index (χ1n) is 7.44. The van der Waals surface area contributed by atoms with Gasteiger partial charge in [-0.2, -0.15) is 0 Å². The standard InChI is InChI=1S/C16H19N3O2S/c1-10(2)16(7-8-16)9-17-13(20)11-3-5-12(6-4-11)14-18-19-15(22)21-14/h3-6,10H,7-9H2,1-2H3,(H,17,20)(H,19,22). The number of benzene rings is 1. The number of hydrogen-bond acceptors (Lipinski definition) is 4. The molecule has 0 spiro atoms. The van der Waals surface area contributed by atoms with E-state index >= 15 is 0 Å². The molecule has 1 aromatic heterocycles. The lowest BCUT2D eigenvalue weighted by atomic mass is 9.92. The molecule has 0 radical (unpaired) electrons. The number of H-pyrrole nitrogens is 1. The van der Waals surface area contributed by atoms with E-state index in [2.05, 4.69) is 29.4 Å². The van der Waals surface area contributed by atoms with Crippen molar-refractivity contribution in [2.75, 3.05) is 6.54 Å². The summed E-state index contributed by atoms with van der Waals surface area (Å²) >= 11 is 4.85. The van der Waals surface area contributed by atoms with Crippen molar-refractivity contribution in [3.63, 3.8) is 0 Å². The van der Waals surface area contributed by atoms with Crippen LogP contribution in [0.1, 0.15) is 37.0 Å². The van der Waals surface area contributed by atoms with E-state index in [1.807, 2.05) is 0 Å². The molecule has 0 atom stereocenters. The number of nitrogens with one attached hydrogen (secondary N) is 2. The van der Waals surface area contributed by atoms with Crippen molar-refractivity contribution in [2.24, 2.45) is 11.3 Å². The van der Waals surface area contributed by atoms with Crippen molar-refractivity contribution < 1.29 is 9.21 Å². The highest BCUT2D eigenvalue weighted by atomic mass is 32.1. The lowest BCUT2D eigenvalue weighted by Gasteiger charge is -2.20. The van der Waals surface area contributed by atoms with Crippen molar-refractivity contribution in [3.05, 3.63) is 34.7 Å². The fourth-order valence-electron chi connectivity index (χ4n) is 2.59. The molecule has 2 aromatic rings. The second-order valence-electron chi connectivity index (χ2n) is 6.20. The molecule has 1 amide bonds. The van der Waals surface area contributed by atoms with Gasteiger partial charge in [0, 0.05) is 17.7 Å². The second-order valence-corrected chi connectivity index (χ2v) is 6.57. The quantitative estimate of drug-likeness (QED) is 0.827. The molecular weight excluding hydrogens is 298 g/mol. The van der Waals surface area contributed by atoms with E-state index in [0.29, 0.717) is 22.8 Å². The Labute approximate surface area is 134 Å². The van der Waals surface area contributed by atoms with Crippen LogP contribution in [0.4, 0.5) is 0 Å². The third-order valence-electron chi connectivity index (χ3n) is 4.55. The number of aromatic nitrogens is 2. The molecule has 5 nitrogen and oxygen atoms in total. The van der Waals surface area contributed by atoms with Crippen LogP contribution in [0.15, 0.2) is 28.7 Å². The van der Waals surface area contributed by atoms with Gasteiger partial charge in [0.2, 0.25) is 5.89 Å². The summed E-state index contributed by atoms with van der Waals surface area (Å²) in [5.41, 5.74) is 1.73. The van der Waals surface area contributed by atoms with E-state index in [0.717, 1.165) is 12.1 Å². The highest BCUT2D eigenvalue weighted by molar-refractivity contribution is 7.71. The predicted octanol–water partition coefficient (Wildman–Crippen LogP) is 3.57. The Kier molecular flexibility index (Phi) is 3.87. The average Bonchev–Trinajstić information content (AvgIpc) is 3.20. The van der Waals surface area contributed by atoms with E-state index in [1.54, 1.807) is 24.3 Å². The van der Waals surface area contributed by atoms with Gasteiger partial charge >= 0.3 is 0 Å². The molecule has 0 saturated heterocycles. The van der Waals surface area contributed by atoms with Crippen LogP contribution >= 0.6 is 12.2 Å². The maximum atomic E-state index is 12.2. The Bertz CT molecular complexity index is 726. The highest BCUT2D eigenvalue weighted by Gasteiger charge is 2.45. The summed E-state index contributed by atoms with van der Waals surface area (Å²) in [6.07, 6.45) is 2.40. The lowest BCUT2D eigenvalue weighted by molar-refractivity contribution is 0.0940. The molecule has 22 heavy (non-hydrogen) atoms. The van der Waals surface area contributed by atoms with Crippen molar-refractivity contribution in [2.45, 2.75) is 26.7 Å². The molecule has 0 bridgehead atoms. The van der Waals surface area contributed by atoms with Gasteiger partial charge in [-0.1, -0.05) is 13.8 Å². The van der Waals surface area contributed by atoms with Crippen molar-refractivity contribution in [3.8, 4) is 11.5 Å². The zero-order valence-electron chi connectivity index (χ0n) is 12.7. The lowest BCUT2D eigenvalue weighted by Crippen LogP contribution is -2.32. The third-order valence-corrected chi connectivity index (χ3v) is 4.72. The minimum Gasteiger partial charge on any atom is -0.409 e. The topological polar surface area (TPSA) is 70.9 Å². The molecule has 1 saturated carbocycles. The number of rotatable bonds is 5. The fraction of sp³-hybridized carbons (Fsp3) is 0.438. The highest BCUT2D eigenvalue weighted by Crippen LogP contribution is 2.51. The Balaban J connectivity index is 1.65. The van der Waals surface area contributed by atoms with Gasteiger partial charge in [-0.3, -0.25) is 4.79 Å². The molecular formula is C16H19N3O2S. The van der Waals surface area contributed by atoms with Crippen LogP contribution in [-0.2, 0) is 0 Å². The van der Waals surface area contributed by atoms with Crippen LogP contribution in [0, 0.1) is 16.2 Å². The van der Waals surface area contributed by atoms with Gasteiger partial charge in [0.1, 0.15) is 0 Å². The van der Waals surface area contributed by atoms with E-state index in [-0.39, 0.29) is 10.7 Å². The van der Waals surface area contributed by atoms with Crippen molar-refractivity contribution >= 4 is 18.1 Å². The fourth-order valence-corrected chi connectivity index (χ4v) is 2.72. The zero-order chi connectivity index (χ0) is 15.7. The smallest absolute Gasteiger partial charge is 0.284 e. The molecule has 2 N–H and O–H groups in total. The average molecular weight is 317 g/mol. The Morgan fingerprint density at radius 3 is 2.59 bits per heavy atom. The predicted molar refractivity (Wildman–Crippen MR) is 86.0 cm³/mol. The summed E-state index contributed by atoms with van der Waals surface area (Å²) in [5, 5.41) is 9.58. The number of nitrogens with zero attached hydrogens (tertiary/aromatic N) is 1. The van der Waals surface area contributed by atoms with E-state index in [1.165, 1.54) is 12.8 Å². The normalized spacial score (nSPS) is 15.8. The van der Waals surface area contributed by atoms with Crippen LogP contribution in [0.2, 0.25) is 0 Å². The van der Waals surface area contributed by atoms with Crippen molar-refractivity contribution in [1.29, 1.82) is 0 Å². The SMILES string of the molecule is CC(C)C1(CNC(=O)c2ccc(-c3n[nH]c(=S)o3)cc2)CC1. The minimum absolute atomic E-state index is 0.0404. The molecule has 6 heteroatoms. The summed E-state index contributed by atoms with van der Waals surface area (Å²) in [6, 6.07) is 7.15. The van der Waals surface area contributed by atoms with Gasteiger partial charge in [-0.15, -0.1) is 5.10 Å².